The molecule has 1 aromatic rings. The lowest BCUT2D eigenvalue weighted by Crippen LogP contribution is -2.46. The van der Waals surface area contributed by atoms with E-state index in [0.29, 0.717) is 25.1 Å². The summed E-state index contributed by atoms with van der Waals surface area (Å²) in [4.78, 5) is 28.5. The summed E-state index contributed by atoms with van der Waals surface area (Å²) in [6.45, 7) is 3.19. The minimum atomic E-state index is -0.114. The topological polar surface area (TPSA) is 70.1 Å². The molecule has 0 radical (unpaired) electrons. The zero-order valence-electron chi connectivity index (χ0n) is 14.7. The summed E-state index contributed by atoms with van der Waals surface area (Å²) in [5.41, 5.74) is 1.79. The number of aliphatic hydroxyl groups is 1. The Morgan fingerprint density at radius 1 is 1.36 bits per heavy atom. The van der Waals surface area contributed by atoms with Crippen molar-refractivity contribution in [1.82, 2.24) is 4.90 Å². The van der Waals surface area contributed by atoms with Gasteiger partial charge in [-0.15, -0.1) is 0 Å². The smallest absolute Gasteiger partial charge is 0.265 e. The molecule has 2 aliphatic rings. The van der Waals surface area contributed by atoms with Crippen molar-refractivity contribution >= 4 is 17.5 Å². The van der Waals surface area contributed by atoms with Gasteiger partial charge in [0.25, 0.3) is 5.91 Å². The molecule has 2 amide bonds. The zero-order valence-corrected chi connectivity index (χ0v) is 14.7. The molecule has 2 aliphatic heterocycles. The lowest BCUT2D eigenvalue weighted by atomic mass is 9.99. The van der Waals surface area contributed by atoms with Gasteiger partial charge in [-0.25, -0.2) is 0 Å². The molecule has 1 atom stereocenters. The monoisotopic (exact) mass is 346 g/mol. The molecular weight excluding hydrogens is 320 g/mol. The van der Waals surface area contributed by atoms with Crippen molar-refractivity contribution in [2.24, 2.45) is 0 Å². The number of nitrogens with zero attached hydrogens (tertiary/aromatic N) is 2. The number of aryl methyl sites for hydroxylation is 1. The molecule has 1 N–H and O–H groups in total. The first-order valence-electron chi connectivity index (χ1n) is 9.04. The fourth-order valence-corrected chi connectivity index (χ4v) is 3.69. The van der Waals surface area contributed by atoms with Crippen LogP contribution in [-0.2, 0) is 9.59 Å². The lowest BCUT2D eigenvalue weighted by Gasteiger charge is -2.36. The molecule has 1 saturated heterocycles. The van der Waals surface area contributed by atoms with E-state index < -0.39 is 0 Å². The van der Waals surface area contributed by atoms with Gasteiger partial charge in [0, 0.05) is 32.2 Å². The molecule has 0 saturated carbocycles. The Bertz CT molecular complexity index is 644. The molecule has 0 spiro atoms. The fraction of sp³-hybridized carbons (Fsp3) is 0.579. The number of rotatable bonds is 5. The van der Waals surface area contributed by atoms with E-state index in [0.717, 1.165) is 37.1 Å². The Morgan fingerprint density at radius 2 is 2.20 bits per heavy atom. The maximum absolute atomic E-state index is 12.7. The number of fused-ring (bicyclic) bond motifs is 1. The van der Waals surface area contributed by atoms with Gasteiger partial charge in [-0.05, 0) is 50.3 Å². The van der Waals surface area contributed by atoms with Crippen LogP contribution in [0.2, 0.25) is 0 Å². The Labute approximate surface area is 148 Å². The second-order valence-electron chi connectivity index (χ2n) is 6.80. The van der Waals surface area contributed by atoms with Gasteiger partial charge in [-0.1, -0.05) is 6.07 Å². The maximum atomic E-state index is 12.7. The first kappa shape index (κ1) is 17.7. The summed E-state index contributed by atoms with van der Waals surface area (Å²) in [7, 11) is 0. The minimum Gasteiger partial charge on any atom is -0.482 e. The number of piperidine rings is 1. The van der Waals surface area contributed by atoms with Crippen LogP contribution in [0.25, 0.3) is 0 Å². The predicted octanol–water partition coefficient (Wildman–Crippen LogP) is 1.87. The lowest BCUT2D eigenvalue weighted by molar-refractivity contribution is -0.135. The number of carbonyl (C=O) groups is 2. The van der Waals surface area contributed by atoms with E-state index in [9.17, 15) is 14.7 Å². The SMILES string of the molecule is Cc1ccc2c(c1)N(CCC(=O)N1CCCCC1CCO)C(=O)CO2. The molecular formula is C19H26N2O4. The van der Waals surface area contributed by atoms with Crippen molar-refractivity contribution in [3.63, 3.8) is 0 Å². The van der Waals surface area contributed by atoms with Crippen molar-refractivity contribution in [2.45, 2.75) is 45.1 Å². The molecule has 3 rings (SSSR count). The average molecular weight is 346 g/mol. The number of benzene rings is 1. The zero-order chi connectivity index (χ0) is 17.8. The van der Waals surface area contributed by atoms with Gasteiger partial charge in [0.15, 0.2) is 6.61 Å². The third-order valence-electron chi connectivity index (χ3n) is 5.02. The number of likely N-dealkylation sites (tertiary alicyclic amines) is 1. The number of ether oxygens (including phenoxy) is 1. The Balaban J connectivity index is 1.67. The van der Waals surface area contributed by atoms with E-state index in [2.05, 4.69) is 0 Å². The van der Waals surface area contributed by atoms with Gasteiger partial charge in [0.1, 0.15) is 5.75 Å². The van der Waals surface area contributed by atoms with Crippen LogP contribution < -0.4 is 9.64 Å². The van der Waals surface area contributed by atoms with E-state index in [4.69, 9.17) is 4.74 Å². The molecule has 1 aromatic carbocycles. The van der Waals surface area contributed by atoms with Gasteiger partial charge in [0.05, 0.1) is 5.69 Å². The van der Waals surface area contributed by atoms with Crippen LogP contribution in [0.4, 0.5) is 5.69 Å². The van der Waals surface area contributed by atoms with Crippen molar-refractivity contribution in [3.8, 4) is 5.75 Å². The van der Waals surface area contributed by atoms with Gasteiger partial charge in [-0.2, -0.15) is 0 Å². The minimum absolute atomic E-state index is 0.0150. The van der Waals surface area contributed by atoms with Crippen LogP contribution in [0.3, 0.4) is 0 Å². The molecule has 1 fully saturated rings. The van der Waals surface area contributed by atoms with Crippen molar-refractivity contribution in [3.05, 3.63) is 23.8 Å². The summed E-state index contributed by atoms with van der Waals surface area (Å²) in [6.07, 6.45) is 3.98. The third kappa shape index (κ3) is 3.95. The van der Waals surface area contributed by atoms with Gasteiger partial charge in [-0.3, -0.25) is 9.59 Å². The highest BCUT2D eigenvalue weighted by molar-refractivity contribution is 5.98. The summed E-state index contributed by atoms with van der Waals surface area (Å²) in [5.74, 6) is 0.636. The highest BCUT2D eigenvalue weighted by Crippen LogP contribution is 2.33. The van der Waals surface area contributed by atoms with Crippen molar-refractivity contribution in [2.75, 3.05) is 31.2 Å². The Kier molecular flexibility index (Phi) is 5.58. The van der Waals surface area contributed by atoms with Crippen LogP contribution in [0, 0.1) is 6.92 Å². The molecule has 2 heterocycles. The number of aliphatic hydroxyl groups excluding tert-OH is 1. The highest BCUT2D eigenvalue weighted by atomic mass is 16.5. The van der Waals surface area contributed by atoms with E-state index in [1.54, 1.807) is 4.90 Å². The normalized spacial score (nSPS) is 20.2. The van der Waals surface area contributed by atoms with E-state index in [1.807, 2.05) is 30.0 Å². The number of hydrogen-bond acceptors (Lipinski definition) is 4. The number of amides is 2. The molecule has 136 valence electrons. The maximum Gasteiger partial charge on any atom is 0.265 e. The molecule has 0 bridgehead atoms. The summed E-state index contributed by atoms with van der Waals surface area (Å²) in [6, 6.07) is 5.87. The second-order valence-corrected chi connectivity index (χ2v) is 6.80. The van der Waals surface area contributed by atoms with E-state index in [-0.39, 0.29) is 31.1 Å². The molecule has 25 heavy (non-hydrogen) atoms. The van der Waals surface area contributed by atoms with E-state index >= 15 is 0 Å². The molecule has 6 nitrogen and oxygen atoms in total. The Hall–Kier alpha value is -2.08. The molecule has 0 aliphatic carbocycles. The summed E-state index contributed by atoms with van der Waals surface area (Å²) < 4.78 is 5.48. The fourth-order valence-electron chi connectivity index (χ4n) is 3.69. The molecule has 1 unspecified atom stereocenters. The Morgan fingerprint density at radius 3 is 3.00 bits per heavy atom. The van der Waals surface area contributed by atoms with Crippen molar-refractivity contribution in [1.29, 1.82) is 0 Å². The van der Waals surface area contributed by atoms with Crippen LogP contribution in [-0.4, -0.2) is 54.2 Å². The van der Waals surface area contributed by atoms with Gasteiger partial charge >= 0.3 is 0 Å². The first-order valence-corrected chi connectivity index (χ1v) is 9.04. The first-order chi connectivity index (χ1) is 12.1. The van der Waals surface area contributed by atoms with Crippen LogP contribution in [0.1, 0.15) is 37.7 Å². The largest absolute Gasteiger partial charge is 0.482 e. The van der Waals surface area contributed by atoms with Crippen LogP contribution in [0.5, 0.6) is 5.75 Å². The predicted molar refractivity (Wildman–Crippen MR) is 94.7 cm³/mol. The molecule has 6 heteroatoms. The van der Waals surface area contributed by atoms with Crippen molar-refractivity contribution < 1.29 is 19.4 Å². The molecule has 0 aromatic heterocycles. The van der Waals surface area contributed by atoms with Gasteiger partial charge < -0.3 is 19.6 Å². The third-order valence-corrected chi connectivity index (χ3v) is 5.02. The number of anilines is 1. The number of hydrogen-bond donors (Lipinski definition) is 1. The van der Waals surface area contributed by atoms with Crippen LogP contribution >= 0.6 is 0 Å². The summed E-state index contributed by atoms with van der Waals surface area (Å²) in [5, 5.41) is 9.22. The van der Waals surface area contributed by atoms with Crippen LogP contribution in [0.15, 0.2) is 18.2 Å². The highest BCUT2D eigenvalue weighted by Gasteiger charge is 2.29. The quantitative estimate of drug-likeness (QED) is 0.884. The van der Waals surface area contributed by atoms with Gasteiger partial charge in [0.2, 0.25) is 5.91 Å². The number of carbonyl (C=O) groups excluding carboxylic acids is 2. The second kappa shape index (κ2) is 7.87. The summed E-state index contributed by atoms with van der Waals surface area (Å²) >= 11 is 0. The standard InChI is InChI=1S/C19H26N2O4/c1-14-5-6-17-16(12-14)21(19(24)13-25-17)10-7-18(23)20-9-3-2-4-15(20)8-11-22/h5-6,12,15,22H,2-4,7-11,13H2,1H3. The average Bonchev–Trinajstić information content (AvgIpc) is 2.61. The van der Waals surface area contributed by atoms with E-state index in [1.165, 1.54) is 0 Å².